The highest BCUT2D eigenvalue weighted by molar-refractivity contribution is 8.01. The van der Waals surface area contributed by atoms with Gasteiger partial charge < -0.3 is 15.4 Å². The van der Waals surface area contributed by atoms with E-state index in [1.165, 1.54) is 23.1 Å². The molecule has 2 N–H and O–H groups in total. The molecular formula is C14H24N4O3S2. The largest absolute Gasteiger partial charge is 0.466 e. The standard InChI is InChI=1S/C14H24N4O3S2/c1-5-21-11(20)7-6-8-15-10(19)9-22-13-18-17-12(23-13)16-14(2,3)4/h5-9H2,1-4H3,(H,15,19)(H,16,17). The van der Waals surface area contributed by atoms with Crippen LogP contribution in [0.25, 0.3) is 0 Å². The Labute approximate surface area is 145 Å². The van der Waals surface area contributed by atoms with E-state index in [9.17, 15) is 9.59 Å². The molecule has 0 aliphatic carbocycles. The molecule has 0 bridgehead atoms. The molecule has 0 fully saturated rings. The second-order valence-electron chi connectivity index (χ2n) is 5.80. The molecule has 7 nitrogen and oxygen atoms in total. The number of nitrogens with zero attached hydrogens (tertiary/aromatic N) is 2. The zero-order valence-corrected chi connectivity index (χ0v) is 15.6. The van der Waals surface area contributed by atoms with Crippen LogP contribution in [0.15, 0.2) is 4.34 Å². The summed E-state index contributed by atoms with van der Waals surface area (Å²) >= 11 is 2.78. The maximum Gasteiger partial charge on any atom is 0.305 e. The number of anilines is 1. The number of esters is 1. The minimum atomic E-state index is -0.233. The van der Waals surface area contributed by atoms with Crippen molar-refractivity contribution in [2.24, 2.45) is 0 Å². The van der Waals surface area contributed by atoms with Crippen LogP contribution in [0.5, 0.6) is 0 Å². The number of carbonyl (C=O) groups excluding carboxylic acids is 2. The van der Waals surface area contributed by atoms with Gasteiger partial charge in [0.15, 0.2) is 4.34 Å². The fraction of sp³-hybridized carbons (Fsp3) is 0.714. The van der Waals surface area contributed by atoms with Gasteiger partial charge in [-0.2, -0.15) is 0 Å². The molecule has 9 heteroatoms. The monoisotopic (exact) mass is 360 g/mol. The lowest BCUT2D eigenvalue weighted by Gasteiger charge is -2.18. The Kier molecular flexibility index (Phi) is 8.32. The molecule has 0 unspecified atom stereocenters. The van der Waals surface area contributed by atoms with Crippen LogP contribution in [0, 0.1) is 0 Å². The van der Waals surface area contributed by atoms with Crippen molar-refractivity contribution in [1.29, 1.82) is 0 Å². The van der Waals surface area contributed by atoms with Crippen LogP contribution in [0.2, 0.25) is 0 Å². The number of ether oxygens (including phenoxy) is 1. The smallest absolute Gasteiger partial charge is 0.305 e. The lowest BCUT2D eigenvalue weighted by atomic mass is 10.1. The number of nitrogens with one attached hydrogen (secondary N) is 2. The fourth-order valence-corrected chi connectivity index (χ4v) is 3.30. The summed E-state index contributed by atoms with van der Waals surface area (Å²) in [6, 6.07) is 0. The number of thioether (sulfide) groups is 1. The molecule has 1 aromatic heterocycles. The maximum atomic E-state index is 11.7. The lowest BCUT2D eigenvalue weighted by molar-refractivity contribution is -0.143. The number of hydrogen-bond donors (Lipinski definition) is 2. The number of amides is 1. The molecule has 0 saturated heterocycles. The van der Waals surface area contributed by atoms with Gasteiger partial charge in [0, 0.05) is 18.5 Å². The van der Waals surface area contributed by atoms with Crippen molar-refractivity contribution in [1.82, 2.24) is 15.5 Å². The third kappa shape index (κ3) is 9.39. The molecule has 0 atom stereocenters. The summed E-state index contributed by atoms with van der Waals surface area (Å²) in [7, 11) is 0. The van der Waals surface area contributed by atoms with Crippen molar-refractivity contribution < 1.29 is 14.3 Å². The van der Waals surface area contributed by atoms with Crippen LogP contribution >= 0.6 is 23.1 Å². The molecule has 1 amide bonds. The Morgan fingerprint density at radius 1 is 1.30 bits per heavy atom. The van der Waals surface area contributed by atoms with Gasteiger partial charge in [-0.1, -0.05) is 23.1 Å². The van der Waals surface area contributed by atoms with Gasteiger partial charge in [0.2, 0.25) is 11.0 Å². The third-order valence-electron chi connectivity index (χ3n) is 2.40. The average Bonchev–Trinajstić information content (AvgIpc) is 2.87. The number of carbonyl (C=O) groups is 2. The van der Waals surface area contributed by atoms with E-state index in [1.807, 2.05) is 20.8 Å². The Bertz CT molecular complexity index is 514. The van der Waals surface area contributed by atoms with Crippen LogP contribution in [-0.2, 0) is 14.3 Å². The molecule has 0 aromatic carbocycles. The van der Waals surface area contributed by atoms with Crippen LogP contribution in [0.3, 0.4) is 0 Å². The molecular weight excluding hydrogens is 336 g/mol. The van der Waals surface area contributed by atoms with Crippen molar-refractivity contribution in [3.05, 3.63) is 0 Å². The highest BCUT2D eigenvalue weighted by atomic mass is 32.2. The number of aromatic nitrogens is 2. The van der Waals surface area contributed by atoms with E-state index in [4.69, 9.17) is 4.74 Å². The summed E-state index contributed by atoms with van der Waals surface area (Å²) < 4.78 is 5.56. The third-order valence-corrected chi connectivity index (χ3v) is 4.37. The van der Waals surface area contributed by atoms with Crippen molar-refractivity contribution >= 4 is 40.1 Å². The van der Waals surface area contributed by atoms with E-state index >= 15 is 0 Å². The van der Waals surface area contributed by atoms with Crippen molar-refractivity contribution in [3.8, 4) is 0 Å². The predicted molar refractivity (Wildman–Crippen MR) is 92.9 cm³/mol. The van der Waals surface area contributed by atoms with Crippen LogP contribution in [-0.4, -0.2) is 46.5 Å². The van der Waals surface area contributed by atoms with Crippen molar-refractivity contribution in [3.63, 3.8) is 0 Å². The zero-order valence-electron chi connectivity index (χ0n) is 14.0. The van der Waals surface area contributed by atoms with Gasteiger partial charge in [0.25, 0.3) is 0 Å². The first-order valence-electron chi connectivity index (χ1n) is 7.47. The maximum absolute atomic E-state index is 11.7. The molecule has 0 radical (unpaired) electrons. The highest BCUT2D eigenvalue weighted by Crippen LogP contribution is 2.26. The fourth-order valence-electron chi connectivity index (χ4n) is 1.51. The van der Waals surface area contributed by atoms with Gasteiger partial charge in [-0.15, -0.1) is 10.2 Å². The number of hydrogen-bond acceptors (Lipinski definition) is 8. The molecule has 0 aliphatic heterocycles. The zero-order chi connectivity index (χ0) is 17.3. The van der Waals surface area contributed by atoms with Gasteiger partial charge >= 0.3 is 5.97 Å². The second-order valence-corrected chi connectivity index (χ2v) is 8.00. The first-order chi connectivity index (χ1) is 10.8. The minimum absolute atomic E-state index is 0.0717. The summed E-state index contributed by atoms with van der Waals surface area (Å²) in [4.78, 5) is 22.9. The molecule has 1 aromatic rings. The SMILES string of the molecule is CCOC(=O)CCCNC(=O)CSc1nnc(NC(C)(C)C)s1. The van der Waals surface area contributed by atoms with Crippen molar-refractivity contribution in [2.45, 2.75) is 50.4 Å². The van der Waals surface area contributed by atoms with Gasteiger partial charge in [0.05, 0.1) is 12.4 Å². The van der Waals surface area contributed by atoms with Gasteiger partial charge in [-0.05, 0) is 34.1 Å². The Morgan fingerprint density at radius 2 is 2.04 bits per heavy atom. The Hall–Kier alpha value is -1.35. The van der Waals surface area contributed by atoms with Crippen LogP contribution in [0.1, 0.15) is 40.5 Å². The van der Waals surface area contributed by atoms with E-state index in [1.54, 1.807) is 6.92 Å². The lowest BCUT2D eigenvalue weighted by Crippen LogP contribution is -2.26. The quantitative estimate of drug-likeness (QED) is 0.396. The predicted octanol–water partition coefficient (Wildman–Crippen LogP) is 2.30. The highest BCUT2D eigenvalue weighted by Gasteiger charge is 2.14. The molecule has 1 rings (SSSR count). The summed E-state index contributed by atoms with van der Waals surface area (Å²) in [5.41, 5.74) is -0.0717. The van der Waals surface area contributed by atoms with Gasteiger partial charge in [0.1, 0.15) is 0 Å². The Morgan fingerprint density at radius 3 is 2.70 bits per heavy atom. The van der Waals surface area contributed by atoms with Gasteiger partial charge in [-0.25, -0.2) is 0 Å². The van der Waals surface area contributed by atoms with E-state index in [2.05, 4.69) is 20.8 Å². The Balaban J connectivity index is 2.20. The van der Waals surface area contributed by atoms with Crippen LogP contribution in [0.4, 0.5) is 5.13 Å². The second kappa shape index (κ2) is 9.71. The normalized spacial score (nSPS) is 11.1. The molecule has 1 heterocycles. The molecule has 0 saturated carbocycles. The molecule has 0 aliphatic rings. The first kappa shape index (κ1) is 19.7. The first-order valence-corrected chi connectivity index (χ1v) is 9.27. The topological polar surface area (TPSA) is 93.2 Å². The summed E-state index contributed by atoms with van der Waals surface area (Å²) in [5.74, 6) is -0.0351. The van der Waals surface area contributed by atoms with Crippen LogP contribution < -0.4 is 10.6 Å². The average molecular weight is 361 g/mol. The van der Waals surface area contributed by atoms with E-state index in [-0.39, 0.29) is 23.2 Å². The molecule has 23 heavy (non-hydrogen) atoms. The van der Waals surface area contributed by atoms with E-state index < -0.39 is 0 Å². The van der Waals surface area contributed by atoms with E-state index in [0.29, 0.717) is 26.0 Å². The minimum Gasteiger partial charge on any atom is -0.466 e. The molecule has 130 valence electrons. The number of rotatable bonds is 9. The van der Waals surface area contributed by atoms with Crippen molar-refractivity contribution in [2.75, 3.05) is 24.2 Å². The summed E-state index contributed by atoms with van der Waals surface area (Å²) in [6.45, 7) is 8.76. The summed E-state index contributed by atoms with van der Waals surface area (Å²) in [5, 5.41) is 14.8. The molecule has 0 spiro atoms. The van der Waals surface area contributed by atoms with E-state index in [0.717, 1.165) is 9.47 Å². The summed E-state index contributed by atoms with van der Waals surface area (Å²) in [6.07, 6.45) is 0.896. The van der Waals surface area contributed by atoms with Gasteiger partial charge in [-0.3, -0.25) is 9.59 Å².